The van der Waals surface area contributed by atoms with Crippen molar-refractivity contribution in [2.45, 2.75) is 39.1 Å². The van der Waals surface area contributed by atoms with E-state index in [2.05, 4.69) is 29.2 Å². The molecule has 32 heavy (non-hydrogen) atoms. The average molecular weight is 453 g/mol. The molecule has 1 saturated heterocycles. The number of rotatable bonds is 5. The largest absolute Gasteiger partial charge is 0.496 e. The maximum absolute atomic E-state index is 13.6. The molecule has 3 aromatic rings. The number of benzene rings is 3. The Morgan fingerprint density at radius 1 is 0.875 bits per heavy atom. The van der Waals surface area contributed by atoms with E-state index in [1.807, 2.05) is 45.9 Å². The van der Waals surface area contributed by atoms with Crippen molar-refractivity contribution >= 4 is 20.8 Å². The molecular formula is C26H32N2O3S. The molecule has 0 radical (unpaired) electrons. The first-order valence-electron chi connectivity index (χ1n) is 11.1. The fourth-order valence-corrected chi connectivity index (χ4v) is 6.72. The van der Waals surface area contributed by atoms with E-state index in [0.717, 1.165) is 40.1 Å². The zero-order valence-corrected chi connectivity index (χ0v) is 20.4. The summed E-state index contributed by atoms with van der Waals surface area (Å²) in [6.45, 7) is 10.9. The fraction of sp³-hybridized carbons (Fsp3) is 0.385. The Morgan fingerprint density at radius 3 is 2.12 bits per heavy atom. The van der Waals surface area contributed by atoms with Gasteiger partial charge in [-0.2, -0.15) is 4.31 Å². The van der Waals surface area contributed by atoms with Crippen molar-refractivity contribution in [2.24, 2.45) is 0 Å². The highest BCUT2D eigenvalue weighted by atomic mass is 32.2. The summed E-state index contributed by atoms with van der Waals surface area (Å²) in [5.74, 6) is 0.875. The number of sulfonamides is 1. The van der Waals surface area contributed by atoms with Crippen molar-refractivity contribution < 1.29 is 13.2 Å². The molecule has 6 heteroatoms. The molecule has 0 spiro atoms. The van der Waals surface area contributed by atoms with E-state index in [1.54, 1.807) is 11.4 Å². The lowest BCUT2D eigenvalue weighted by Crippen LogP contribution is -2.48. The number of hydrogen-bond donors (Lipinski definition) is 0. The van der Waals surface area contributed by atoms with E-state index < -0.39 is 10.0 Å². The van der Waals surface area contributed by atoms with E-state index in [9.17, 15) is 8.42 Å². The summed E-state index contributed by atoms with van der Waals surface area (Å²) in [7, 11) is -1.83. The van der Waals surface area contributed by atoms with E-state index in [4.69, 9.17) is 4.74 Å². The predicted octanol–water partition coefficient (Wildman–Crippen LogP) is 4.59. The second kappa shape index (κ2) is 8.85. The molecule has 5 nitrogen and oxygen atoms in total. The Morgan fingerprint density at radius 2 is 1.50 bits per heavy atom. The summed E-state index contributed by atoms with van der Waals surface area (Å²) in [5.41, 5.74) is 4.91. The molecule has 1 aliphatic heterocycles. The van der Waals surface area contributed by atoms with E-state index in [0.29, 0.717) is 31.1 Å². The molecule has 1 heterocycles. The lowest BCUT2D eigenvalue weighted by atomic mass is 10.0. The molecule has 0 aromatic heterocycles. The Balaban J connectivity index is 1.56. The highest BCUT2D eigenvalue weighted by Gasteiger charge is 2.32. The lowest BCUT2D eigenvalue weighted by Gasteiger charge is -2.35. The number of hydrogen-bond acceptors (Lipinski definition) is 4. The zero-order valence-electron chi connectivity index (χ0n) is 19.6. The van der Waals surface area contributed by atoms with Gasteiger partial charge in [-0.25, -0.2) is 8.42 Å². The molecule has 170 valence electrons. The predicted molar refractivity (Wildman–Crippen MR) is 130 cm³/mol. The van der Waals surface area contributed by atoms with Crippen LogP contribution in [0.3, 0.4) is 0 Å². The summed E-state index contributed by atoms with van der Waals surface area (Å²) in [5, 5.41) is 2.37. The topological polar surface area (TPSA) is 49.9 Å². The highest BCUT2D eigenvalue weighted by Crippen LogP contribution is 2.31. The van der Waals surface area contributed by atoms with Crippen molar-refractivity contribution in [2.75, 3.05) is 33.3 Å². The zero-order chi connectivity index (χ0) is 23.0. The monoisotopic (exact) mass is 452 g/mol. The standard InChI is InChI=1S/C26H32N2O3S/c1-18-16-19(2)21(4)26(20(18)3)32(29,30)28-14-12-27(13-15-28)17-24-23-9-7-6-8-22(23)10-11-25(24)31-5/h6-11,16H,12-15,17H2,1-5H3. The van der Waals surface area contributed by atoms with E-state index in [1.165, 1.54) is 10.8 Å². The summed E-state index contributed by atoms with van der Waals surface area (Å²) in [4.78, 5) is 2.80. The first-order valence-corrected chi connectivity index (χ1v) is 12.5. The van der Waals surface area contributed by atoms with Crippen LogP contribution in [0, 0.1) is 27.7 Å². The van der Waals surface area contributed by atoms with Gasteiger partial charge >= 0.3 is 0 Å². The van der Waals surface area contributed by atoms with E-state index in [-0.39, 0.29) is 0 Å². The van der Waals surface area contributed by atoms with Crippen molar-refractivity contribution in [3.63, 3.8) is 0 Å². The van der Waals surface area contributed by atoms with Gasteiger partial charge in [-0.1, -0.05) is 36.4 Å². The van der Waals surface area contributed by atoms with E-state index >= 15 is 0 Å². The summed E-state index contributed by atoms with van der Waals surface area (Å²) < 4.78 is 34.4. The molecule has 1 fully saturated rings. The van der Waals surface area contributed by atoms with Crippen LogP contribution in [0.5, 0.6) is 5.75 Å². The molecule has 0 aliphatic carbocycles. The fourth-order valence-electron chi connectivity index (χ4n) is 4.72. The van der Waals surface area contributed by atoms with Crippen LogP contribution in [-0.2, 0) is 16.6 Å². The number of ether oxygens (including phenoxy) is 1. The van der Waals surface area contributed by atoms with Gasteiger partial charge in [0.2, 0.25) is 10.0 Å². The number of piperazine rings is 1. The molecule has 0 amide bonds. The second-order valence-corrected chi connectivity index (χ2v) is 10.6. The number of methoxy groups -OCH3 is 1. The Bertz CT molecular complexity index is 1230. The summed E-state index contributed by atoms with van der Waals surface area (Å²) >= 11 is 0. The Hall–Kier alpha value is -2.41. The van der Waals surface area contributed by atoms with Gasteiger partial charge in [-0.15, -0.1) is 0 Å². The van der Waals surface area contributed by atoms with Crippen LogP contribution in [0.1, 0.15) is 27.8 Å². The van der Waals surface area contributed by atoms with Gasteiger partial charge < -0.3 is 4.74 Å². The third kappa shape index (κ3) is 4.03. The van der Waals surface area contributed by atoms with Gasteiger partial charge in [-0.3, -0.25) is 4.90 Å². The molecule has 3 aromatic carbocycles. The third-order valence-electron chi connectivity index (χ3n) is 6.83. The number of aryl methyl sites for hydroxylation is 2. The van der Waals surface area contributed by atoms with Crippen LogP contribution in [-0.4, -0.2) is 50.9 Å². The van der Waals surface area contributed by atoms with Gasteiger partial charge in [0.05, 0.1) is 12.0 Å². The molecule has 0 N–H and O–H groups in total. The number of nitrogens with zero attached hydrogens (tertiary/aromatic N) is 2. The minimum absolute atomic E-state index is 0.485. The highest BCUT2D eigenvalue weighted by molar-refractivity contribution is 7.89. The van der Waals surface area contributed by atoms with Crippen molar-refractivity contribution in [1.82, 2.24) is 9.21 Å². The second-order valence-electron chi connectivity index (χ2n) is 8.74. The normalized spacial score (nSPS) is 15.9. The van der Waals surface area contributed by atoms with Crippen LogP contribution >= 0.6 is 0 Å². The molecule has 4 rings (SSSR count). The minimum Gasteiger partial charge on any atom is -0.496 e. The first-order chi connectivity index (χ1) is 15.2. The lowest BCUT2D eigenvalue weighted by molar-refractivity contribution is 0.180. The average Bonchev–Trinajstić information content (AvgIpc) is 2.78. The van der Waals surface area contributed by atoms with Gasteiger partial charge in [0.15, 0.2) is 0 Å². The van der Waals surface area contributed by atoms with Gasteiger partial charge in [-0.05, 0) is 66.8 Å². The molecule has 1 aliphatic rings. The maximum Gasteiger partial charge on any atom is 0.243 e. The van der Waals surface area contributed by atoms with Crippen molar-refractivity contribution in [1.29, 1.82) is 0 Å². The van der Waals surface area contributed by atoms with Crippen LogP contribution < -0.4 is 4.74 Å². The molecule has 0 saturated carbocycles. The molecular weight excluding hydrogens is 420 g/mol. The van der Waals surface area contributed by atoms with Crippen molar-refractivity contribution in [3.8, 4) is 5.75 Å². The van der Waals surface area contributed by atoms with Gasteiger partial charge in [0.1, 0.15) is 5.75 Å². The van der Waals surface area contributed by atoms with Crippen molar-refractivity contribution in [3.05, 3.63) is 70.3 Å². The molecule has 0 unspecified atom stereocenters. The van der Waals surface area contributed by atoms with Crippen LogP contribution in [0.25, 0.3) is 10.8 Å². The number of fused-ring (bicyclic) bond motifs is 1. The third-order valence-corrected chi connectivity index (χ3v) is 9.00. The van der Waals surface area contributed by atoms with Crippen LogP contribution in [0.15, 0.2) is 47.4 Å². The summed E-state index contributed by atoms with van der Waals surface area (Å²) in [6.07, 6.45) is 0. The minimum atomic E-state index is -3.53. The maximum atomic E-state index is 13.6. The van der Waals surface area contributed by atoms with Gasteiger partial charge in [0.25, 0.3) is 0 Å². The Labute approximate surface area is 191 Å². The van der Waals surface area contributed by atoms with Crippen LogP contribution in [0.4, 0.5) is 0 Å². The van der Waals surface area contributed by atoms with Gasteiger partial charge in [0, 0.05) is 38.3 Å². The van der Waals surface area contributed by atoms with Crippen LogP contribution in [0.2, 0.25) is 0 Å². The molecule has 0 atom stereocenters. The smallest absolute Gasteiger partial charge is 0.243 e. The summed E-state index contributed by atoms with van der Waals surface area (Å²) in [6, 6.07) is 14.5. The Kier molecular flexibility index (Phi) is 6.30. The SMILES string of the molecule is COc1ccc2ccccc2c1CN1CCN(S(=O)(=O)c2c(C)c(C)cc(C)c2C)CC1. The first kappa shape index (κ1) is 22.8. The quantitative estimate of drug-likeness (QED) is 0.568. The molecule has 0 bridgehead atoms.